The summed E-state index contributed by atoms with van der Waals surface area (Å²) in [4.78, 5) is 9.95. The summed E-state index contributed by atoms with van der Waals surface area (Å²) >= 11 is 0. The summed E-state index contributed by atoms with van der Waals surface area (Å²) < 4.78 is 6.48. The number of nitrogens with one attached hydrogen (secondary N) is 2. The topological polar surface area (TPSA) is 53.2 Å². The first-order valence-corrected chi connectivity index (χ1v) is 10.9. The number of hydrogen-bond acceptors (Lipinski definition) is 4. The van der Waals surface area contributed by atoms with Gasteiger partial charge in [-0.05, 0) is 55.7 Å². The molecule has 0 radical (unpaired) electrons. The summed E-state index contributed by atoms with van der Waals surface area (Å²) in [7, 11) is 0. The van der Waals surface area contributed by atoms with Crippen LogP contribution in [0.2, 0.25) is 0 Å². The highest BCUT2D eigenvalue weighted by Gasteiger charge is 2.34. The van der Waals surface area contributed by atoms with E-state index in [0.717, 1.165) is 48.7 Å². The minimum absolute atomic E-state index is 0.206. The number of ether oxygens (including phenoxy) is 1. The SMILES string of the molecule is CCC1(C)CN(CCc2c[nH]c3ccccc23)c2ccc(Nc3ccncc3)cc2O1. The van der Waals surface area contributed by atoms with Gasteiger partial charge < -0.3 is 19.9 Å². The smallest absolute Gasteiger partial charge is 0.145 e. The molecule has 31 heavy (non-hydrogen) atoms. The second-order valence-corrected chi connectivity index (χ2v) is 8.48. The first kappa shape index (κ1) is 19.5. The average Bonchev–Trinajstić information content (AvgIpc) is 3.21. The van der Waals surface area contributed by atoms with E-state index in [0.29, 0.717) is 0 Å². The summed E-state index contributed by atoms with van der Waals surface area (Å²) in [6, 6.07) is 18.8. The Morgan fingerprint density at radius 3 is 2.77 bits per heavy atom. The molecule has 2 aromatic carbocycles. The van der Waals surface area contributed by atoms with Crippen LogP contribution in [0.5, 0.6) is 5.75 Å². The van der Waals surface area contributed by atoms with Crippen molar-refractivity contribution in [1.82, 2.24) is 9.97 Å². The van der Waals surface area contributed by atoms with E-state index in [2.05, 4.69) is 82.7 Å². The lowest BCUT2D eigenvalue weighted by Crippen LogP contribution is -2.49. The molecule has 1 unspecified atom stereocenters. The monoisotopic (exact) mass is 412 g/mol. The molecule has 0 saturated carbocycles. The fourth-order valence-electron chi connectivity index (χ4n) is 4.30. The number of H-pyrrole nitrogens is 1. The lowest BCUT2D eigenvalue weighted by molar-refractivity contribution is 0.0811. The van der Waals surface area contributed by atoms with Crippen LogP contribution in [0.1, 0.15) is 25.8 Å². The highest BCUT2D eigenvalue weighted by atomic mass is 16.5. The van der Waals surface area contributed by atoms with Crippen molar-refractivity contribution in [2.75, 3.05) is 23.3 Å². The molecule has 3 heterocycles. The number of rotatable bonds is 6. The van der Waals surface area contributed by atoms with Crippen LogP contribution < -0.4 is 15.0 Å². The minimum atomic E-state index is -0.206. The number of nitrogens with zero attached hydrogens (tertiary/aromatic N) is 2. The Balaban J connectivity index is 1.40. The Kier molecular flexibility index (Phi) is 5.02. The Morgan fingerprint density at radius 1 is 1.10 bits per heavy atom. The molecule has 2 aromatic heterocycles. The van der Waals surface area contributed by atoms with Crippen LogP contribution in [0.4, 0.5) is 17.1 Å². The first-order valence-electron chi connectivity index (χ1n) is 10.9. The molecule has 1 aliphatic rings. The maximum atomic E-state index is 6.48. The van der Waals surface area contributed by atoms with E-state index < -0.39 is 0 Å². The number of pyridine rings is 1. The second-order valence-electron chi connectivity index (χ2n) is 8.48. The van der Waals surface area contributed by atoms with Gasteiger partial charge in [0.15, 0.2) is 0 Å². The summed E-state index contributed by atoms with van der Waals surface area (Å²) in [6.07, 6.45) is 7.67. The van der Waals surface area contributed by atoms with E-state index in [1.807, 2.05) is 12.1 Å². The quantitative estimate of drug-likeness (QED) is 0.413. The zero-order chi connectivity index (χ0) is 21.3. The minimum Gasteiger partial charge on any atom is -0.483 e. The summed E-state index contributed by atoms with van der Waals surface area (Å²) in [6.45, 7) is 6.24. The van der Waals surface area contributed by atoms with E-state index >= 15 is 0 Å². The molecule has 0 amide bonds. The molecule has 0 bridgehead atoms. The van der Waals surface area contributed by atoms with Gasteiger partial charge in [0, 0.05) is 53.5 Å². The van der Waals surface area contributed by atoms with Gasteiger partial charge in [-0.15, -0.1) is 0 Å². The van der Waals surface area contributed by atoms with Crippen molar-refractivity contribution in [2.45, 2.75) is 32.3 Å². The van der Waals surface area contributed by atoms with Gasteiger partial charge in [0.25, 0.3) is 0 Å². The maximum absolute atomic E-state index is 6.48. The third kappa shape index (κ3) is 3.96. The summed E-state index contributed by atoms with van der Waals surface area (Å²) in [5.74, 6) is 0.939. The van der Waals surface area contributed by atoms with Crippen molar-refractivity contribution >= 4 is 28.0 Å². The van der Waals surface area contributed by atoms with E-state index in [1.54, 1.807) is 12.4 Å². The molecule has 2 N–H and O–H groups in total. The van der Waals surface area contributed by atoms with Gasteiger partial charge in [0.1, 0.15) is 11.4 Å². The molecule has 5 rings (SSSR count). The normalized spacial score (nSPS) is 17.9. The summed E-state index contributed by atoms with van der Waals surface area (Å²) in [5.41, 5.74) is 5.54. The van der Waals surface area contributed by atoms with Gasteiger partial charge in [-0.1, -0.05) is 25.1 Å². The molecule has 158 valence electrons. The van der Waals surface area contributed by atoms with Crippen LogP contribution in [0, 0.1) is 0 Å². The summed E-state index contributed by atoms with van der Waals surface area (Å²) in [5, 5.41) is 4.76. The largest absolute Gasteiger partial charge is 0.483 e. The van der Waals surface area contributed by atoms with Crippen LogP contribution in [0.15, 0.2) is 73.2 Å². The molecule has 5 heteroatoms. The Morgan fingerprint density at radius 2 is 1.94 bits per heavy atom. The molecular formula is C26H28N4O. The van der Waals surface area contributed by atoms with Crippen molar-refractivity contribution in [2.24, 2.45) is 0 Å². The Hall–Kier alpha value is -3.47. The van der Waals surface area contributed by atoms with Crippen molar-refractivity contribution in [3.63, 3.8) is 0 Å². The van der Waals surface area contributed by atoms with Gasteiger partial charge in [0.05, 0.1) is 12.2 Å². The van der Waals surface area contributed by atoms with Crippen molar-refractivity contribution in [1.29, 1.82) is 0 Å². The van der Waals surface area contributed by atoms with E-state index in [-0.39, 0.29) is 5.60 Å². The third-order valence-corrected chi connectivity index (χ3v) is 6.23. The fraction of sp³-hybridized carbons (Fsp3) is 0.269. The van der Waals surface area contributed by atoms with Crippen LogP contribution in [0.3, 0.4) is 0 Å². The van der Waals surface area contributed by atoms with E-state index in [1.165, 1.54) is 16.5 Å². The molecule has 0 spiro atoms. The molecule has 1 aliphatic heterocycles. The van der Waals surface area contributed by atoms with Crippen LogP contribution in [-0.2, 0) is 6.42 Å². The van der Waals surface area contributed by atoms with E-state index in [9.17, 15) is 0 Å². The number of aromatic nitrogens is 2. The first-order chi connectivity index (χ1) is 15.1. The average molecular weight is 413 g/mol. The lowest BCUT2D eigenvalue weighted by Gasteiger charge is -2.42. The number of para-hydroxylation sites is 1. The Bertz CT molecular complexity index is 1190. The lowest BCUT2D eigenvalue weighted by atomic mass is 9.98. The van der Waals surface area contributed by atoms with E-state index in [4.69, 9.17) is 4.74 Å². The molecule has 5 nitrogen and oxygen atoms in total. The number of fused-ring (bicyclic) bond motifs is 2. The van der Waals surface area contributed by atoms with Gasteiger partial charge >= 0.3 is 0 Å². The van der Waals surface area contributed by atoms with Crippen LogP contribution in [0.25, 0.3) is 10.9 Å². The highest BCUT2D eigenvalue weighted by molar-refractivity contribution is 5.83. The maximum Gasteiger partial charge on any atom is 0.145 e. The van der Waals surface area contributed by atoms with Crippen LogP contribution >= 0.6 is 0 Å². The van der Waals surface area contributed by atoms with Gasteiger partial charge in [-0.25, -0.2) is 0 Å². The predicted octanol–water partition coefficient (Wildman–Crippen LogP) is 5.92. The zero-order valence-corrected chi connectivity index (χ0v) is 18.1. The Labute approximate surface area is 183 Å². The number of anilines is 3. The molecule has 1 atom stereocenters. The number of benzene rings is 2. The van der Waals surface area contributed by atoms with Gasteiger partial charge in [0.2, 0.25) is 0 Å². The van der Waals surface area contributed by atoms with Crippen molar-refractivity contribution < 1.29 is 4.74 Å². The molecule has 0 aliphatic carbocycles. The molecule has 0 fully saturated rings. The van der Waals surface area contributed by atoms with Gasteiger partial charge in [-0.2, -0.15) is 0 Å². The molecule has 4 aromatic rings. The predicted molar refractivity (Wildman–Crippen MR) is 128 cm³/mol. The highest BCUT2D eigenvalue weighted by Crippen LogP contribution is 2.40. The molecule has 0 saturated heterocycles. The van der Waals surface area contributed by atoms with Crippen LogP contribution in [-0.4, -0.2) is 28.7 Å². The molecular weight excluding hydrogens is 384 g/mol. The third-order valence-electron chi connectivity index (χ3n) is 6.23. The number of aromatic amines is 1. The van der Waals surface area contributed by atoms with Gasteiger partial charge in [-0.3, -0.25) is 4.98 Å². The zero-order valence-electron chi connectivity index (χ0n) is 18.1. The fourth-order valence-corrected chi connectivity index (χ4v) is 4.30. The second kappa shape index (κ2) is 7.99. The van der Waals surface area contributed by atoms with Crippen molar-refractivity contribution in [3.05, 3.63) is 78.8 Å². The number of hydrogen-bond donors (Lipinski definition) is 2. The standard InChI is InChI=1S/C26H28N4O/c1-3-26(2)18-30(15-12-19-17-28-23-7-5-4-6-22(19)23)24-9-8-21(16-25(24)31-26)29-20-10-13-27-14-11-20/h4-11,13-14,16-17,28H,3,12,15,18H2,1-2H3,(H,27,29). The van der Waals surface area contributed by atoms with Crippen molar-refractivity contribution in [3.8, 4) is 5.75 Å².